The van der Waals surface area contributed by atoms with Crippen LogP contribution < -0.4 is 5.56 Å². The fourth-order valence-electron chi connectivity index (χ4n) is 5.18. The molecule has 2 aromatic heterocycles. The molecule has 2 aromatic rings. The number of hydrogen-bond acceptors (Lipinski definition) is 7. The van der Waals surface area contributed by atoms with Gasteiger partial charge in [-0.3, -0.25) is 9.59 Å². The maximum atomic E-state index is 13.0. The Morgan fingerprint density at radius 2 is 1.97 bits per heavy atom. The average molecular weight is 436 g/mol. The molecule has 0 aromatic carbocycles. The molecule has 2 bridgehead atoms. The predicted octanol–water partition coefficient (Wildman–Crippen LogP) is 3.36. The van der Waals surface area contributed by atoms with Gasteiger partial charge in [0.05, 0.1) is 5.75 Å². The zero-order chi connectivity index (χ0) is 21.2. The Balaban J connectivity index is 1.48. The van der Waals surface area contributed by atoms with E-state index in [-0.39, 0.29) is 22.3 Å². The third-order valence-electron chi connectivity index (χ3n) is 5.94. The molecular formula is C20H29N5O2S2. The summed E-state index contributed by atoms with van der Waals surface area (Å²) in [6.07, 6.45) is 3.35. The highest BCUT2D eigenvalue weighted by atomic mass is 32.2. The number of thioether (sulfide) groups is 1. The first-order valence-corrected chi connectivity index (χ1v) is 11.9. The maximum Gasteiger partial charge on any atom is 0.297 e. The molecule has 3 heterocycles. The number of carbonyl (C=O) groups excluding carboxylic acids is 1. The number of hydrogen-bond donors (Lipinski definition) is 0. The van der Waals surface area contributed by atoms with Gasteiger partial charge in [-0.25, -0.2) is 0 Å². The van der Waals surface area contributed by atoms with Crippen molar-refractivity contribution in [3.05, 3.63) is 16.0 Å². The van der Waals surface area contributed by atoms with Crippen LogP contribution in [0.3, 0.4) is 0 Å². The van der Waals surface area contributed by atoms with Gasteiger partial charge in [0.2, 0.25) is 10.9 Å². The van der Waals surface area contributed by atoms with Gasteiger partial charge in [-0.1, -0.05) is 64.6 Å². The van der Waals surface area contributed by atoms with E-state index < -0.39 is 5.41 Å². The highest BCUT2D eigenvalue weighted by molar-refractivity contribution is 8.01. The fraction of sp³-hybridized carbons (Fsp3) is 0.750. The Labute approximate surface area is 179 Å². The second kappa shape index (κ2) is 6.77. The molecule has 9 heteroatoms. The van der Waals surface area contributed by atoms with Crippen molar-refractivity contribution >= 4 is 34.0 Å². The van der Waals surface area contributed by atoms with Gasteiger partial charge in [0.25, 0.3) is 5.56 Å². The lowest BCUT2D eigenvalue weighted by molar-refractivity contribution is -0.129. The molecule has 29 heavy (non-hydrogen) atoms. The van der Waals surface area contributed by atoms with Gasteiger partial charge in [0.15, 0.2) is 4.34 Å². The minimum absolute atomic E-state index is 0.162. The molecule has 0 N–H and O–H groups in total. The summed E-state index contributed by atoms with van der Waals surface area (Å²) < 4.78 is 1.99. The van der Waals surface area contributed by atoms with E-state index in [1.54, 1.807) is 0 Å². The molecule has 1 amide bonds. The Hall–Kier alpha value is -1.48. The van der Waals surface area contributed by atoms with Crippen LogP contribution in [-0.2, 0) is 10.2 Å². The highest BCUT2D eigenvalue weighted by Gasteiger charge is 2.50. The summed E-state index contributed by atoms with van der Waals surface area (Å²) in [6.45, 7) is 13.6. The second-order valence-electron chi connectivity index (χ2n) is 10.7. The Kier molecular flexibility index (Phi) is 4.85. The summed E-state index contributed by atoms with van der Waals surface area (Å²) in [5.74, 6) is 0.496. The molecule has 1 saturated heterocycles. The molecule has 2 aliphatic rings. The van der Waals surface area contributed by atoms with Crippen molar-refractivity contribution in [3.63, 3.8) is 0 Å². The normalized spacial score (nSPS) is 26.3. The molecule has 158 valence electrons. The number of aromatic nitrogens is 4. The summed E-state index contributed by atoms with van der Waals surface area (Å²) in [5.41, 5.74) is 0.288. The van der Waals surface area contributed by atoms with Crippen LogP contribution in [0.5, 0.6) is 0 Å². The summed E-state index contributed by atoms with van der Waals surface area (Å²) in [6, 6.07) is 0.343. The van der Waals surface area contributed by atoms with Crippen molar-refractivity contribution in [2.45, 2.75) is 76.6 Å². The second-order valence-corrected chi connectivity index (χ2v) is 12.9. The third-order valence-corrected chi connectivity index (χ3v) is 7.95. The first-order chi connectivity index (χ1) is 13.4. The molecule has 1 aliphatic carbocycles. The van der Waals surface area contributed by atoms with Crippen molar-refractivity contribution in [2.24, 2.45) is 10.8 Å². The van der Waals surface area contributed by atoms with Crippen LogP contribution in [0.4, 0.5) is 0 Å². The zero-order valence-corrected chi connectivity index (χ0v) is 19.6. The summed E-state index contributed by atoms with van der Waals surface area (Å²) in [5, 5.41) is 12.7. The molecule has 4 rings (SSSR count). The Morgan fingerprint density at radius 3 is 2.66 bits per heavy atom. The van der Waals surface area contributed by atoms with Gasteiger partial charge in [-0.15, -0.1) is 15.3 Å². The lowest BCUT2D eigenvalue weighted by atomic mass is 9.65. The Morgan fingerprint density at radius 1 is 1.24 bits per heavy atom. The SMILES string of the molecule is CC1(C)C[C@H]2C[C@@](C)(CN2C(=O)CSc2nn3c(=O)c(C(C)(C)C)nnc3s2)C1. The number of rotatable bonds is 3. The molecule has 0 unspecified atom stereocenters. The molecule has 2 atom stereocenters. The van der Waals surface area contributed by atoms with Crippen LogP contribution in [0.15, 0.2) is 9.13 Å². The quantitative estimate of drug-likeness (QED) is 0.688. The lowest BCUT2D eigenvalue weighted by Gasteiger charge is -2.39. The number of amides is 1. The largest absolute Gasteiger partial charge is 0.338 e. The minimum atomic E-state index is -0.393. The molecule has 0 radical (unpaired) electrons. The van der Waals surface area contributed by atoms with Crippen LogP contribution in [0, 0.1) is 10.8 Å². The van der Waals surface area contributed by atoms with Crippen LogP contribution in [-0.4, -0.2) is 49.0 Å². The van der Waals surface area contributed by atoms with Gasteiger partial charge >= 0.3 is 0 Å². The van der Waals surface area contributed by atoms with Crippen molar-refractivity contribution in [1.29, 1.82) is 0 Å². The molecule has 0 spiro atoms. The molecule has 2 fully saturated rings. The van der Waals surface area contributed by atoms with Gasteiger partial charge in [0, 0.05) is 18.0 Å². The van der Waals surface area contributed by atoms with E-state index in [9.17, 15) is 9.59 Å². The first kappa shape index (κ1) is 20.8. The van der Waals surface area contributed by atoms with Crippen molar-refractivity contribution < 1.29 is 4.79 Å². The lowest BCUT2D eigenvalue weighted by Crippen LogP contribution is -2.38. The third kappa shape index (κ3) is 3.95. The van der Waals surface area contributed by atoms with E-state index in [0.29, 0.717) is 26.8 Å². The molecule has 7 nitrogen and oxygen atoms in total. The van der Waals surface area contributed by atoms with Crippen LogP contribution in [0.2, 0.25) is 0 Å². The van der Waals surface area contributed by atoms with E-state index in [1.807, 2.05) is 20.8 Å². The van der Waals surface area contributed by atoms with Gasteiger partial charge in [-0.05, 0) is 30.1 Å². The summed E-state index contributed by atoms with van der Waals surface area (Å²) in [4.78, 5) is 28.2. The average Bonchev–Trinajstić information content (AvgIpc) is 3.09. The molecular weight excluding hydrogens is 406 g/mol. The topological polar surface area (TPSA) is 80.5 Å². The highest BCUT2D eigenvalue weighted by Crippen LogP contribution is 2.52. The van der Waals surface area contributed by atoms with E-state index in [1.165, 1.54) is 34.0 Å². The maximum absolute atomic E-state index is 13.0. The summed E-state index contributed by atoms with van der Waals surface area (Å²) in [7, 11) is 0. The fourth-order valence-corrected chi connectivity index (χ4v) is 6.94. The van der Waals surface area contributed by atoms with Crippen LogP contribution in [0.1, 0.15) is 66.5 Å². The summed E-state index contributed by atoms with van der Waals surface area (Å²) >= 11 is 2.69. The first-order valence-electron chi connectivity index (χ1n) is 10.1. The predicted molar refractivity (Wildman–Crippen MR) is 116 cm³/mol. The number of likely N-dealkylation sites (tertiary alicyclic amines) is 1. The zero-order valence-electron chi connectivity index (χ0n) is 18.0. The number of carbonyl (C=O) groups is 1. The monoisotopic (exact) mass is 435 g/mol. The van der Waals surface area contributed by atoms with Gasteiger partial charge in [-0.2, -0.15) is 4.52 Å². The van der Waals surface area contributed by atoms with Crippen molar-refractivity contribution in [1.82, 2.24) is 24.7 Å². The van der Waals surface area contributed by atoms with Crippen molar-refractivity contribution in [3.8, 4) is 0 Å². The number of fused-ring (bicyclic) bond motifs is 3. The van der Waals surface area contributed by atoms with Gasteiger partial charge < -0.3 is 4.90 Å². The number of nitrogens with zero attached hydrogens (tertiary/aromatic N) is 5. The van der Waals surface area contributed by atoms with E-state index in [2.05, 4.69) is 41.0 Å². The van der Waals surface area contributed by atoms with Crippen molar-refractivity contribution in [2.75, 3.05) is 12.3 Å². The smallest absolute Gasteiger partial charge is 0.297 e. The van der Waals surface area contributed by atoms with Crippen LogP contribution in [0.25, 0.3) is 4.96 Å². The van der Waals surface area contributed by atoms with E-state index in [0.717, 1.165) is 19.4 Å². The van der Waals surface area contributed by atoms with E-state index in [4.69, 9.17) is 0 Å². The Bertz CT molecular complexity index is 1020. The molecule has 1 saturated carbocycles. The van der Waals surface area contributed by atoms with E-state index >= 15 is 0 Å². The van der Waals surface area contributed by atoms with Crippen LogP contribution >= 0.6 is 23.1 Å². The minimum Gasteiger partial charge on any atom is -0.338 e. The standard InChI is InChI=1S/C20H29N5O2S2/c1-18(2,3)14-15(27)25-16(22-21-14)29-17(23-25)28-9-13(26)24-11-20(6)8-12(24)7-19(4,5)10-20/h12H,7-11H2,1-6H3/t12-,20+/m0/s1. The molecule has 1 aliphatic heterocycles. The van der Waals surface area contributed by atoms with Gasteiger partial charge in [0.1, 0.15) is 5.69 Å².